The molecule has 0 unspecified atom stereocenters. The van der Waals surface area contributed by atoms with E-state index in [4.69, 9.17) is 17.2 Å². The van der Waals surface area contributed by atoms with Gasteiger partial charge in [-0.05, 0) is 86.9 Å². The Labute approximate surface area is 219 Å². The van der Waals surface area contributed by atoms with Crippen LogP contribution in [0.5, 0.6) is 0 Å². The Bertz CT molecular complexity index is 1330. The number of nitrogens with zero attached hydrogens (tertiary/aromatic N) is 3. The summed E-state index contributed by atoms with van der Waals surface area (Å²) in [5, 5.41) is 7.91. The second kappa shape index (κ2) is 10.5. The second-order valence-electron chi connectivity index (χ2n) is 9.41. The van der Waals surface area contributed by atoms with Crippen molar-refractivity contribution >= 4 is 23.0 Å². The van der Waals surface area contributed by atoms with E-state index in [2.05, 4.69) is 102 Å². The summed E-state index contributed by atoms with van der Waals surface area (Å²) < 4.78 is 2.37. The molecule has 1 fully saturated rings. The number of rotatable bonds is 8. The number of hydrogen-bond donors (Lipinski definition) is 2. The van der Waals surface area contributed by atoms with Crippen LogP contribution in [0, 0.1) is 20.8 Å². The molecule has 2 N–H and O–H groups in total. The van der Waals surface area contributed by atoms with E-state index in [0.29, 0.717) is 0 Å². The highest BCUT2D eigenvalue weighted by atomic mass is 32.1. The lowest BCUT2D eigenvalue weighted by Gasteiger charge is -2.28. The van der Waals surface area contributed by atoms with E-state index in [9.17, 15) is 0 Å². The van der Waals surface area contributed by atoms with Crippen molar-refractivity contribution in [3.63, 3.8) is 0 Å². The summed E-state index contributed by atoms with van der Waals surface area (Å²) >= 11 is 5.89. The van der Waals surface area contributed by atoms with Crippen LogP contribution in [0.2, 0.25) is 0 Å². The van der Waals surface area contributed by atoms with Crippen LogP contribution < -0.4 is 10.6 Å². The van der Waals surface area contributed by atoms with Gasteiger partial charge in [0, 0.05) is 42.0 Å². The molecule has 6 heteroatoms. The highest BCUT2D eigenvalue weighted by molar-refractivity contribution is 7.80. The molecular formula is C30H33N5S. The third kappa shape index (κ3) is 4.73. The molecule has 0 saturated carbocycles. The molecule has 0 bridgehead atoms. The average Bonchev–Trinajstić information content (AvgIpc) is 3.38. The lowest BCUT2D eigenvalue weighted by molar-refractivity contribution is 0.315. The summed E-state index contributed by atoms with van der Waals surface area (Å²) in [5.74, 6) is 0. The quantitative estimate of drug-likeness (QED) is 0.223. The molecule has 2 aromatic heterocycles. The molecule has 1 saturated heterocycles. The molecule has 4 aromatic rings. The normalized spacial score (nSPS) is 17.3. The minimum Gasteiger partial charge on any atom is -0.385 e. The maximum atomic E-state index is 5.89. The van der Waals surface area contributed by atoms with Crippen molar-refractivity contribution in [3.8, 4) is 5.69 Å². The zero-order valence-electron chi connectivity index (χ0n) is 21.1. The minimum atomic E-state index is -0.00778. The first-order valence-corrected chi connectivity index (χ1v) is 13.0. The number of thiocarbonyl (C=S) groups is 1. The van der Waals surface area contributed by atoms with Gasteiger partial charge in [0.05, 0.1) is 17.8 Å². The fourth-order valence-corrected chi connectivity index (χ4v) is 5.63. The Morgan fingerprint density at radius 2 is 1.69 bits per heavy atom. The summed E-state index contributed by atoms with van der Waals surface area (Å²) in [4.78, 5) is 7.06. The molecule has 5 rings (SSSR count). The van der Waals surface area contributed by atoms with Gasteiger partial charge < -0.3 is 20.1 Å². The number of anilines is 1. The van der Waals surface area contributed by atoms with Gasteiger partial charge in [-0.15, -0.1) is 0 Å². The van der Waals surface area contributed by atoms with Gasteiger partial charge in [-0.2, -0.15) is 0 Å². The molecule has 1 aliphatic heterocycles. The number of para-hydroxylation sites is 2. The standard InChI is InChI=1S/C30H33N5S/c1-21-12-7-8-16-27(21)35-22(2)20-25(23(35)3)29-28(26-15-9-10-17-32-26)33-30(36)34(29)19-11-18-31-24-13-5-4-6-14-24/h4-10,12-17,20,28-29,31H,11,18-19H2,1-3H3,(H,33,36)/t28-,29-/m1/s1. The predicted molar refractivity (Wildman–Crippen MR) is 152 cm³/mol. The summed E-state index contributed by atoms with van der Waals surface area (Å²) in [7, 11) is 0. The van der Waals surface area contributed by atoms with Crippen molar-refractivity contribution < 1.29 is 0 Å². The van der Waals surface area contributed by atoms with Crippen molar-refractivity contribution in [2.45, 2.75) is 39.3 Å². The number of nitrogens with one attached hydrogen (secondary N) is 2. The van der Waals surface area contributed by atoms with Crippen molar-refractivity contribution in [1.82, 2.24) is 19.8 Å². The summed E-state index contributed by atoms with van der Waals surface area (Å²) in [5.41, 5.74) is 8.39. The van der Waals surface area contributed by atoms with E-state index >= 15 is 0 Å². The van der Waals surface area contributed by atoms with Crippen molar-refractivity contribution in [2.75, 3.05) is 18.4 Å². The molecule has 36 heavy (non-hydrogen) atoms. The van der Waals surface area contributed by atoms with E-state index in [0.717, 1.165) is 36.0 Å². The SMILES string of the molecule is Cc1ccccc1-n1c(C)cc([C@@H]2[C@@H](c3ccccn3)NC(=S)N2CCCNc2ccccc2)c1C. The number of benzene rings is 2. The topological polar surface area (TPSA) is 45.1 Å². The number of hydrogen-bond acceptors (Lipinski definition) is 3. The average molecular weight is 496 g/mol. The lowest BCUT2D eigenvalue weighted by atomic mass is 9.96. The minimum absolute atomic E-state index is 0.00778. The van der Waals surface area contributed by atoms with Gasteiger partial charge in [0.1, 0.15) is 0 Å². The van der Waals surface area contributed by atoms with Crippen LogP contribution in [0.15, 0.2) is 85.1 Å². The third-order valence-corrected chi connectivity index (χ3v) is 7.37. The van der Waals surface area contributed by atoms with Crippen molar-refractivity contribution in [2.24, 2.45) is 0 Å². The number of pyridine rings is 1. The molecule has 2 aromatic carbocycles. The largest absolute Gasteiger partial charge is 0.385 e. The fraction of sp³-hybridized carbons (Fsp3) is 0.267. The molecule has 0 amide bonds. The summed E-state index contributed by atoms with van der Waals surface area (Å²) in [6.45, 7) is 8.32. The van der Waals surface area contributed by atoms with Crippen LogP contribution in [-0.2, 0) is 0 Å². The smallest absolute Gasteiger partial charge is 0.170 e. The predicted octanol–water partition coefficient (Wildman–Crippen LogP) is 6.27. The Morgan fingerprint density at radius 1 is 0.944 bits per heavy atom. The highest BCUT2D eigenvalue weighted by Gasteiger charge is 2.41. The number of aromatic nitrogens is 2. The summed E-state index contributed by atoms with van der Waals surface area (Å²) in [6.07, 6.45) is 2.83. The van der Waals surface area contributed by atoms with Gasteiger partial charge in [0.25, 0.3) is 0 Å². The molecule has 1 aliphatic rings. The van der Waals surface area contributed by atoms with E-state index in [-0.39, 0.29) is 12.1 Å². The highest BCUT2D eigenvalue weighted by Crippen LogP contribution is 2.41. The molecule has 3 heterocycles. The van der Waals surface area contributed by atoms with Gasteiger partial charge in [-0.3, -0.25) is 4.98 Å². The van der Waals surface area contributed by atoms with Gasteiger partial charge in [-0.1, -0.05) is 42.5 Å². The first kappa shape index (κ1) is 24.1. The number of aryl methyl sites for hydroxylation is 2. The van der Waals surface area contributed by atoms with Crippen LogP contribution in [0.1, 0.15) is 46.7 Å². The zero-order chi connectivity index (χ0) is 25.1. The van der Waals surface area contributed by atoms with Gasteiger partial charge in [0.15, 0.2) is 5.11 Å². The maximum absolute atomic E-state index is 5.89. The lowest BCUT2D eigenvalue weighted by Crippen LogP contribution is -2.31. The first-order valence-electron chi connectivity index (χ1n) is 12.6. The van der Waals surface area contributed by atoms with Crippen molar-refractivity contribution in [3.05, 3.63) is 113 Å². The van der Waals surface area contributed by atoms with Crippen LogP contribution >= 0.6 is 12.2 Å². The van der Waals surface area contributed by atoms with Crippen LogP contribution in [0.25, 0.3) is 5.69 Å². The molecule has 184 valence electrons. The Kier molecular flexibility index (Phi) is 7.05. The monoisotopic (exact) mass is 495 g/mol. The molecule has 2 atom stereocenters. The Hall–Kier alpha value is -3.64. The molecule has 0 aliphatic carbocycles. The van der Waals surface area contributed by atoms with Gasteiger partial charge >= 0.3 is 0 Å². The van der Waals surface area contributed by atoms with Crippen LogP contribution in [-0.4, -0.2) is 32.7 Å². The van der Waals surface area contributed by atoms with Gasteiger partial charge in [-0.25, -0.2) is 0 Å². The zero-order valence-corrected chi connectivity index (χ0v) is 21.9. The van der Waals surface area contributed by atoms with E-state index in [1.807, 2.05) is 24.4 Å². The van der Waals surface area contributed by atoms with Crippen LogP contribution in [0.4, 0.5) is 5.69 Å². The Morgan fingerprint density at radius 3 is 2.44 bits per heavy atom. The molecule has 5 nitrogen and oxygen atoms in total. The van der Waals surface area contributed by atoms with Crippen molar-refractivity contribution in [1.29, 1.82) is 0 Å². The first-order chi connectivity index (χ1) is 17.5. The fourth-order valence-electron chi connectivity index (χ4n) is 5.30. The Balaban J connectivity index is 1.46. The maximum Gasteiger partial charge on any atom is 0.170 e. The van der Waals surface area contributed by atoms with Gasteiger partial charge in [0.2, 0.25) is 0 Å². The van der Waals surface area contributed by atoms with Crippen LogP contribution in [0.3, 0.4) is 0 Å². The molecule has 0 radical (unpaired) electrons. The van der Waals surface area contributed by atoms with E-state index < -0.39 is 0 Å². The second-order valence-corrected chi connectivity index (χ2v) is 9.80. The van der Waals surface area contributed by atoms with E-state index in [1.54, 1.807) is 0 Å². The molecule has 0 spiro atoms. The van der Waals surface area contributed by atoms with E-state index in [1.165, 1.54) is 28.2 Å². The summed E-state index contributed by atoms with van der Waals surface area (Å²) in [6, 6.07) is 27.4. The third-order valence-electron chi connectivity index (χ3n) is 7.02. The molecular weight excluding hydrogens is 462 g/mol.